The zero-order valence-electron chi connectivity index (χ0n) is 14.6. The molecule has 1 aliphatic heterocycles. The van der Waals surface area contributed by atoms with E-state index in [9.17, 15) is 14.9 Å². The lowest BCUT2D eigenvalue weighted by atomic mass is 10.1. The third-order valence-corrected chi connectivity index (χ3v) is 4.47. The molecule has 1 heterocycles. The van der Waals surface area contributed by atoms with Crippen LogP contribution >= 0.6 is 11.6 Å². The van der Waals surface area contributed by atoms with E-state index in [1.165, 1.54) is 6.07 Å². The number of hydrogen-bond donors (Lipinski definition) is 0. The van der Waals surface area contributed by atoms with E-state index in [-0.39, 0.29) is 24.5 Å². The van der Waals surface area contributed by atoms with Gasteiger partial charge in [-0.1, -0.05) is 17.7 Å². The Kier molecular flexibility index (Phi) is 6.13. The van der Waals surface area contributed by atoms with Crippen molar-refractivity contribution >= 4 is 28.9 Å². The van der Waals surface area contributed by atoms with Crippen LogP contribution in [0.25, 0.3) is 0 Å². The van der Waals surface area contributed by atoms with E-state index in [1.807, 2.05) is 4.90 Å². The van der Waals surface area contributed by atoms with Crippen LogP contribution in [0.1, 0.15) is 23.2 Å². The van der Waals surface area contributed by atoms with Gasteiger partial charge < -0.3 is 14.4 Å². The minimum atomic E-state index is -0.624. The molecule has 0 atom stereocenters. The van der Waals surface area contributed by atoms with E-state index in [0.717, 1.165) is 25.9 Å². The number of hydrogen-bond acceptors (Lipinski definition) is 6. The summed E-state index contributed by atoms with van der Waals surface area (Å²) >= 11 is 5.86. The fourth-order valence-corrected chi connectivity index (χ4v) is 3.14. The minimum absolute atomic E-state index is 0.0209. The van der Waals surface area contributed by atoms with Gasteiger partial charge in [0.15, 0.2) is 0 Å². The maximum atomic E-state index is 12.2. The summed E-state index contributed by atoms with van der Waals surface area (Å²) in [6, 6.07) is 11.3. The van der Waals surface area contributed by atoms with Gasteiger partial charge in [-0.25, -0.2) is 4.79 Å². The van der Waals surface area contributed by atoms with Crippen LogP contribution in [0.15, 0.2) is 42.5 Å². The Hall–Kier alpha value is -2.80. The molecule has 0 aliphatic carbocycles. The number of ether oxygens (including phenoxy) is 2. The van der Waals surface area contributed by atoms with Gasteiger partial charge in [0.1, 0.15) is 24.7 Å². The first-order valence-electron chi connectivity index (χ1n) is 8.63. The van der Waals surface area contributed by atoms with Crippen molar-refractivity contribution in [1.82, 2.24) is 0 Å². The van der Waals surface area contributed by atoms with Crippen molar-refractivity contribution in [3.63, 3.8) is 0 Å². The molecule has 142 valence electrons. The van der Waals surface area contributed by atoms with Gasteiger partial charge in [0.25, 0.3) is 5.69 Å². The van der Waals surface area contributed by atoms with Crippen LogP contribution in [0, 0.1) is 10.1 Å². The zero-order valence-corrected chi connectivity index (χ0v) is 15.4. The van der Waals surface area contributed by atoms with Crippen LogP contribution in [0.2, 0.25) is 5.02 Å². The molecule has 0 bridgehead atoms. The lowest BCUT2D eigenvalue weighted by Gasteiger charge is -2.17. The molecule has 27 heavy (non-hydrogen) atoms. The monoisotopic (exact) mass is 390 g/mol. The molecule has 1 aliphatic rings. The Balaban J connectivity index is 1.59. The second kappa shape index (κ2) is 8.73. The Morgan fingerprint density at radius 3 is 2.63 bits per heavy atom. The van der Waals surface area contributed by atoms with Crippen molar-refractivity contribution in [1.29, 1.82) is 0 Å². The summed E-state index contributed by atoms with van der Waals surface area (Å²) in [6.45, 7) is 1.74. The normalized spacial score (nSPS) is 13.4. The van der Waals surface area contributed by atoms with Gasteiger partial charge in [-0.15, -0.1) is 0 Å². The van der Waals surface area contributed by atoms with Crippen LogP contribution in [-0.2, 0) is 4.74 Å². The number of rotatable bonds is 7. The second-order valence-corrected chi connectivity index (χ2v) is 6.53. The van der Waals surface area contributed by atoms with E-state index in [1.54, 1.807) is 36.4 Å². The molecule has 8 heteroatoms. The van der Waals surface area contributed by atoms with Crippen LogP contribution in [0.3, 0.4) is 0 Å². The van der Waals surface area contributed by atoms with Crippen LogP contribution < -0.4 is 9.64 Å². The Morgan fingerprint density at radius 1 is 1.15 bits per heavy atom. The predicted molar refractivity (Wildman–Crippen MR) is 102 cm³/mol. The number of halogens is 1. The number of anilines is 1. The van der Waals surface area contributed by atoms with Crippen molar-refractivity contribution in [2.45, 2.75) is 12.8 Å². The lowest BCUT2D eigenvalue weighted by Crippen LogP contribution is -2.19. The van der Waals surface area contributed by atoms with Crippen molar-refractivity contribution in [2.24, 2.45) is 0 Å². The SMILES string of the molecule is O=C(OCCOc1cccc(Cl)c1)c1ccc(N2CCCC2)c([N+](=O)[O-])c1. The molecule has 0 spiro atoms. The third kappa shape index (κ3) is 4.89. The lowest BCUT2D eigenvalue weighted by molar-refractivity contribution is -0.384. The number of nitro groups is 1. The van der Waals surface area contributed by atoms with E-state index >= 15 is 0 Å². The maximum absolute atomic E-state index is 12.2. The number of esters is 1. The molecule has 2 aromatic rings. The van der Waals surface area contributed by atoms with Crippen molar-refractivity contribution in [3.8, 4) is 5.75 Å². The molecule has 3 rings (SSSR count). The molecule has 0 aromatic heterocycles. The highest BCUT2D eigenvalue weighted by Crippen LogP contribution is 2.31. The highest BCUT2D eigenvalue weighted by molar-refractivity contribution is 6.30. The van der Waals surface area contributed by atoms with E-state index in [2.05, 4.69) is 0 Å². The smallest absolute Gasteiger partial charge is 0.338 e. The Labute approximate surface area is 161 Å². The molecule has 0 radical (unpaired) electrons. The molecular weight excluding hydrogens is 372 g/mol. The standard InChI is InChI=1S/C19H19ClN2O5/c20-15-4-3-5-16(13-15)26-10-11-27-19(23)14-6-7-17(18(12-14)22(24)25)21-8-1-2-9-21/h3-7,12-13H,1-2,8-11H2. The van der Waals surface area contributed by atoms with Crippen molar-refractivity contribution in [3.05, 3.63) is 63.2 Å². The number of carbonyl (C=O) groups excluding carboxylic acids is 1. The number of benzene rings is 2. The van der Waals surface area contributed by atoms with E-state index in [0.29, 0.717) is 16.5 Å². The van der Waals surface area contributed by atoms with Gasteiger partial charge >= 0.3 is 5.97 Å². The second-order valence-electron chi connectivity index (χ2n) is 6.10. The first kappa shape index (κ1) is 19.0. The average molecular weight is 391 g/mol. The minimum Gasteiger partial charge on any atom is -0.490 e. The fraction of sp³-hybridized carbons (Fsp3) is 0.316. The van der Waals surface area contributed by atoms with Crippen molar-refractivity contribution in [2.75, 3.05) is 31.2 Å². The number of carbonyl (C=O) groups is 1. The van der Waals surface area contributed by atoms with Gasteiger partial charge in [-0.05, 0) is 43.2 Å². The number of nitrogens with zero attached hydrogens (tertiary/aromatic N) is 2. The summed E-state index contributed by atoms with van der Waals surface area (Å²) in [5.74, 6) is -0.0510. The highest BCUT2D eigenvalue weighted by Gasteiger charge is 2.24. The molecule has 7 nitrogen and oxygen atoms in total. The summed E-state index contributed by atoms with van der Waals surface area (Å²) < 4.78 is 10.6. The van der Waals surface area contributed by atoms with E-state index in [4.69, 9.17) is 21.1 Å². The maximum Gasteiger partial charge on any atom is 0.338 e. The number of nitro benzene ring substituents is 1. The molecular formula is C19H19ClN2O5. The zero-order chi connectivity index (χ0) is 19.2. The molecule has 0 amide bonds. The Morgan fingerprint density at radius 2 is 1.93 bits per heavy atom. The van der Waals surface area contributed by atoms with Gasteiger partial charge in [-0.3, -0.25) is 10.1 Å². The first-order valence-corrected chi connectivity index (χ1v) is 9.01. The average Bonchev–Trinajstić information content (AvgIpc) is 3.19. The summed E-state index contributed by atoms with van der Waals surface area (Å²) in [7, 11) is 0. The summed E-state index contributed by atoms with van der Waals surface area (Å²) in [5.41, 5.74) is 0.604. The fourth-order valence-electron chi connectivity index (χ4n) is 2.96. The summed E-state index contributed by atoms with van der Waals surface area (Å²) in [5, 5.41) is 11.9. The molecule has 2 aromatic carbocycles. The predicted octanol–water partition coefficient (Wildman–Crippen LogP) is 4.08. The van der Waals surface area contributed by atoms with E-state index < -0.39 is 10.9 Å². The quantitative estimate of drug-likeness (QED) is 0.306. The van der Waals surface area contributed by atoms with Crippen LogP contribution in [-0.4, -0.2) is 37.2 Å². The van der Waals surface area contributed by atoms with Gasteiger partial charge in [0.2, 0.25) is 0 Å². The van der Waals surface area contributed by atoms with Crippen molar-refractivity contribution < 1.29 is 19.2 Å². The molecule has 0 saturated carbocycles. The van der Waals surface area contributed by atoms with Gasteiger partial charge in [-0.2, -0.15) is 0 Å². The largest absolute Gasteiger partial charge is 0.490 e. The molecule has 1 saturated heterocycles. The molecule has 0 N–H and O–H groups in total. The molecule has 0 unspecified atom stereocenters. The first-order chi connectivity index (χ1) is 13.0. The third-order valence-electron chi connectivity index (χ3n) is 4.24. The summed E-state index contributed by atoms with van der Waals surface area (Å²) in [4.78, 5) is 25.1. The Bertz CT molecular complexity index is 837. The van der Waals surface area contributed by atoms with Crippen LogP contribution in [0.4, 0.5) is 11.4 Å². The summed E-state index contributed by atoms with van der Waals surface area (Å²) in [6.07, 6.45) is 2.02. The van der Waals surface area contributed by atoms with Gasteiger partial charge in [0, 0.05) is 24.2 Å². The highest BCUT2D eigenvalue weighted by atomic mass is 35.5. The van der Waals surface area contributed by atoms with Gasteiger partial charge in [0.05, 0.1) is 10.5 Å². The molecule has 1 fully saturated rings. The van der Waals surface area contributed by atoms with Crippen LogP contribution in [0.5, 0.6) is 5.75 Å². The topological polar surface area (TPSA) is 81.9 Å².